The van der Waals surface area contributed by atoms with Crippen LogP contribution in [0.2, 0.25) is 16.6 Å². The van der Waals surface area contributed by atoms with Crippen LogP contribution in [-0.2, 0) is 11.2 Å². The second-order valence-corrected chi connectivity index (χ2v) is 16.8. The lowest BCUT2D eigenvalue weighted by molar-refractivity contribution is 0.134. The van der Waals surface area contributed by atoms with Gasteiger partial charge in [0.25, 0.3) is 0 Å². The van der Waals surface area contributed by atoms with Gasteiger partial charge in [-0.1, -0.05) is 41.5 Å². The molecule has 0 bridgehead atoms. The molecule has 202 valence electrons. The minimum absolute atomic E-state index is 0.00528. The zero-order valence-electron chi connectivity index (χ0n) is 23.0. The van der Waals surface area contributed by atoms with Gasteiger partial charge in [-0.25, -0.2) is 18.4 Å². The number of hydrogen-bond acceptors (Lipinski definition) is 3. The van der Waals surface area contributed by atoms with E-state index in [1.54, 1.807) is 7.05 Å². The molecule has 1 saturated heterocycles. The molecule has 2 heterocycles. The molecule has 0 radical (unpaired) electrons. The predicted octanol–water partition coefficient (Wildman–Crippen LogP) is 8.28. The molecule has 1 unspecified atom stereocenters. The molecule has 0 N–H and O–H groups in total. The van der Waals surface area contributed by atoms with Crippen molar-refractivity contribution in [2.24, 2.45) is 0 Å². The lowest BCUT2D eigenvalue weighted by Crippen LogP contribution is -2.51. The fraction of sp³-hybridized carbons (Fsp3) is 0.448. The van der Waals surface area contributed by atoms with Crippen molar-refractivity contribution in [2.75, 3.05) is 13.6 Å². The summed E-state index contributed by atoms with van der Waals surface area (Å²) in [5.74, 6) is -1.07. The van der Waals surface area contributed by atoms with Crippen LogP contribution in [0.4, 0.5) is 19.3 Å². The van der Waals surface area contributed by atoms with E-state index in [9.17, 15) is 9.18 Å². The fourth-order valence-corrected chi connectivity index (χ4v) is 13.1. The molecule has 1 aliphatic rings. The van der Waals surface area contributed by atoms with E-state index in [2.05, 4.69) is 56.8 Å². The fourth-order valence-electron chi connectivity index (χ4n) is 6.53. The Hall–Kier alpha value is -3.38. The Bertz CT molecular complexity index is 1390. The summed E-state index contributed by atoms with van der Waals surface area (Å²) in [4.78, 5) is 16.8. The van der Waals surface area contributed by atoms with Crippen LogP contribution in [0.1, 0.15) is 47.1 Å². The standard InChI is InChI=1S/C29H35F2N3O3Si/c1-17(2)38(18(3)4,19(5)6)34-12-11-22-23(13-21-16-33(8)29(35)37-21)28(25(31)15-27(22)34)36-20-9-10-24(30)26(14-20)32-7/h9-12,14-15,17-19,21H,13,16H2,1-6,8H3. The molecule has 0 spiro atoms. The monoisotopic (exact) mass is 539 g/mol. The maximum Gasteiger partial charge on any atom is 0.409 e. The normalized spacial score (nSPS) is 16.1. The van der Waals surface area contributed by atoms with Gasteiger partial charge in [-0.2, -0.15) is 0 Å². The van der Waals surface area contributed by atoms with Gasteiger partial charge in [0.1, 0.15) is 17.7 Å². The van der Waals surface area contributed by atoms with E-state index >= 15 is 4.39 Å². The van der Waals surface area contributed by atoms with Crippen LogP contribution < -0.4 is 4.74 Å². The predicted molar refractivity (Wildman–Crippen MR) is 148 cm³/mol. The maximum atomic E-state index is 16.0. The molecule has 1 amide bonds. The van der Waals surface area contributed by atoms with Gasteiger partial charge in [0, 0.05) is 36.0 Å². The summed E-state index contributed by atoms with van der Waals surface area (Å²) in [5, 5.41) is 0.832. The number of carbonyl (C=O) groups excluding carboxylic acids is 1. The molecule has 1 fully saturated rings. The molecule has 0 aliphatic carbocycles. The van der Waals surface area contributed by atoms with E-state index in [1.807, 2.05) is 6.07 Å². The Kier molecular flexibility index (Phi) is 7.57. The molecular weight excluding hydrogens is 504 g/mol. The molecule has 6 nitrogen and oxygen atoms in total. The Morgan fingerprint density at radius 1 is 1.08 bits per heavy atom. The van der Waals surface area contributed by atoms with Crippen molar-refractivity contribution in [3.05, 3.63) is 65.1 Å². The summed E-state index contributed by atoms with van der Waals surface area (Å²) in [6, 6.07) is 7.30. The summed E-state index contributed by atoms with van der Waals surface area (Å²) in [5.41, 5.74) is 2.37. The minimum atomic E-state index is -2.20. The number of cyclic esters (lactones) is 1. The van der Waals surface area contributed by atoms with E-state index < -0.39 is 32.1 Å². The van der Waals surface area contributed by atoms with Gasteiger partial charge in [-0.15, -0.1) is 0 Å². The molecular formula is C29H35F2N3O3Si. The highest BCUT2D eigenvalue weighted by atomic mass is 28.3. The number of carbonyl (C=O) groups is 1. The summed E-state index contributed by atoms with van der Waals surface area (Å²) in [6.45, 7) is 21.1. The summed E-state index contributed by atoms with van der Waals surface area (Å²) < 4.78 is 43.8. The van der Waals surface area contributed by atoms with Crippen molar-refractivity contribution in [3.63, 3.8) is 0 Å². The largest absolute Gasteiger partial charge is 0.455 e. The number of nitrogens with zero attached hydrogens (tertiary/aromatic N) is 3. The van der Waals surface area contributed by atoms with Gasteiger partial charge < -0.3 is 18.6 Å². The highest BCUT2D eigenvalue weighted by Crippen LogP contribution is 2.46. The summed E-state index contributed by atoms with van der Waals surface area (Å²) in [6.07, 6.45) is 1.43. The van der Waals surface area contributed by atoms with Crippen molar-refractivity contribution < 1.29 is 23.0 Å². The minimum Gasteiger partial charge on any atom is -0.455 e. The Morgan fingerprint density at radius 3 is 2.29 bits per heavy atom. The van der Waals surface area contributed by atoms with Gasteiger partial charge in [-0.05, 0) is 47.1 Å². The number of likely N-dealkylation sites (N-methyl/N-ethyl adjacent to an activating group) is 1. The SMILES string of the molecule is [C-]#[N+]c1cc(Oc2c(F)cc3c(ccn3[Si](C(C)C)(C(C)C)C(C)C)c2CC2CN(C)C(=O)O2)ccc1F. The first-order chi connectivity index (χ1) is 17.9. The van der Waals surface area contributed by atoms with Crippen LogP contribution in [-0.4, -0.2) is 43.2 Å². The van der Waals surface area contributed by atoms with Crippen LogP contribution in [0.25, 0.3) is 15.7 Å². The lowest BCUT2D eigenvalue weighted by atomic mass is 10.0. The van der Waals surface area contributed by atoms with E-state index in [0.29, 0.717) is 28.7 Å². The summed E-state index contributed by atoms with van der Waals surface area (Å²) in [7, 11) is -0.535. The third kappa shape index (κ3) is 4.55. The number of fused-ring (bicyclic) bond motifs is 1. The van der Waals surface area contributed by atoms with Crippen molar-refractivity contribution in [2.45, 2.75) is 70.7 Å². The second-order valence-electron chi connectivity index (χ2n) is 11.1. The molecule has 2 aromatic carbocycles. The van der Waals surface area contributed by atoms with E-state index in [-0.39, 0.29) is 23.6 Å². The number of halogens is 2. The zero-order valence-corrected chi connectivity index (χ0v) is 24.0. The topological polar surface area (TPSA) is 48.1 Å². The first-order valence-electron chi connectivity index (χ1n) is 13.0. The summed E-state index contributed by atoms with van der Waals surface area (Å²) >= 11 is 0. The van der Waals surface area contributed by atoms with E-state index in [4.69, 9.17) is 16.0 Å². The number of aromatic nitrogens is 1. The Labute approximate surface area is 224 Å². The Balaban J connectivity index is 1.93. The van der Waals surface area contributed by atoms with Crippen LogP contribution >= 0.6 is 0 Å². The number of rotatable bonds is 8. The zero-order chi connectivity index (χ0) is 27.9. The molecule has 1 aromatic heterocycles. The molecule has 4 rings (SSSR count). The quantitative estimate of drug-likeness (QED) is 0.214. The van der Waals surface area contributed by atoms with Gasteiger partial charge in [-0.3, -0.25) is 0 Å². The molecule has 1 aliphatic heterocycles. The highest BCUT2D eigenvalue weighted by molar-refractivity contribution is 6.82. The first-order valence-corrected chi connectivity index (χ1v) is 15.2. The van der Waals surface area contributed by atoms with Crippen LogP contribution in [0.3, 0.4) is 0 Å². The Morgan fingerprint density at radius 2 is 1.74 bits per heavy atom. The van der Waals surface area contributed by atoms with Crippen LogP contribution in [0.15, 0.2) is 36.5 Å². The molecule has 9 heteroatoms. The third-order valence-corrected chi connectivity index (χ3v) is 14.7. The number of hydrogen-bond donors (Lipinski definition) is 0. The average Bonchev–Trinajstić information content (AvgIpc) is 3.39. The average molecular weight is 540 g/mol. The number of amides is 1. The van der Waals surface area contributed by atoms with Gasteiger partial charge in [0.05, 0.1) is 13.1 Å². The first kappa shape index (κ1) is 27.6. The van der Waals surface area contributed by atoms with Gasteiger partial charge in [0.2, 0.25) is 5.69 Å². The smallest absolute Gasteiger partial charge is 0.409 e. The van der Waals surface area contributed by atoms with E-state index in [1.165, 1.54) is 23.1 Å². The number of benzene rings is 2. The molecule has 38 heavy (non-hydrogen) atoms. The van der Waals surface area contributed by atoms with Crippen molar-refractivity contribution in [1.29, 1.82) is 0 Å². The van der Waals surface area contributed by atoms with Crippen molar-refractivity contribution in [1.82, 2.24) is 9.13 Å². The second kappa shape index (κ2) is 10.4. The third-order valence-electron chi connectivity index (χ3n) is 7.94. The van der Waals surface area contributed by atoms with Crippen LogP contribution in [0, 0.1) is 18.2 Å². The van der Waals surface area contributed by atoms with Gasteiger partial charge in [0.15, 0.2) is 19.8 Å². The van der Waals surface area contributed by atoms with Gasteiger partial charge >= 0.3 is 6.09 Å². The van der Waals surface area contributed by atoms with Crippen LogP contribution in [0.5, 0.6) is 11.5 Å². The lowest BCUT2D eigenvalue weighted by Gasteiger charge is -2.44. The molecule has 3 aromatic rings. The van der Waals surface area contributed by atoms with E-state index in [0.717, 1.165) is 17.0 Å². The molecule has 0 saturated carbocycles. The highest BCUT2D eigenvalue weighted by Gasteiger charge is 2.46. The number of ether oxygens (including phenoxy) is 2. The molecule has 1 atom stereocenters. The maximum absolute atomic E-state index is 16.0. The van der Waals surface area contributed by atoms with Crippen molar-refractivity contribution >= 4 is 30.9 Å². The van der Waals surface area contributed by atoms with Crippen molar-refractivity contribution in [3.8, 4) is 11.5 Å².